The molecule has 1 saturated heterocycles. The Bertz CT molecular complexity index is 988. The first-order chi connectivity index (χ1) is 12.8. The van der Waals surface area contributed by atoms with E-state index in [1.807, 2.05) is 0 Å². The lowest BCUT2D eigenvalue weighted by Gasteiger charge is -2.15. The molecule has 0 bridgehead atoms. The van der Waals surface area contributed by atoms with Crippen LogP contribution >= 0.6 is 24.0 Å². The molecule has 27 heavy (non-hydrogen) atoms. The minimum absolute atomic E-state index is 0.0285. The third-order valence-corrected chi connectivity index (χ3v) is 4.82. The maximum Gasteiger partial charge on any atom is 0.285 e. The highest BCUT2D eigenvalue weighted by molar-refractivity contribution is 8.26. The largest absolute Gasteiger partial charge is 0.508 e. The SMILES string of the molecule is O=C(NN1C(=O)/C(=C\c2ccc(O)cc2)SC1=S)c1cccc([N+](=O)[O-])c1. The number of amides is 2. The van der Waals surface area contributed by atoms with E-state index in [9.17, 15) is 24.8 Å². The molecule has 0 atom stereocenters. The Hall–Kier alpha value is -3.24. The summed E-state index contributed by atoms with van der Waals surface area (Å²) in [5.74, 6) is -1.11. The molecule has 10 heteroatoms. The van der Waals surface area contributed by atoms with Gasteiger partial charge in [0.1, 0.15) is 5.75 Å². The summed E-state index contributed by atoms with van der Waals surface area (Å²) in [5.41, 5.74) is 2.84. The Balaban J connectivity index is 1.77. The van der Waals surface area contributed by atoms with Crippen molar-refractivity contribution in [1.82, 2.24) is 10.4 Å². The lowest BCUT2D eigenvalue weighted by Crippen LogP contribution is -2.44. The standard InChI is InChI=1S/C17H11N3O5S2/c21-13-6-4-10(5-7-13)8-14-16(23)19(17(26)27-14)18-15(22)11-2-1-3-12(9-11)20(24)25/h1-9,21H,(H,18,22)/b14-8+. The van der Waals surface area contributed by atoms with Crippen LogP contribution in [0, 0.1) is 10.1 Å². The summed E-state index contributed by atoms with van der Waals surface area (Å²) in [7, 11) is 0. The van der Waals surface area contributed by atoms with Crippen molar-refractivity contribution >= 4 is 51.9 Å². The van der Waals surface area contributed by atoms with Crippen molar-refractivity contribution < 1.29 is 19.6 Å². The van der Waals surface area contributed by atoms with Crippen molar-refractivity contribution in [1.29, 1.82) is 0 Å². The number of nitro benzene ring substituents is 1. The molecular formula is C17H11N3O5S2. The van der Waals surface area contributed by atoms with Crippen molar-refractivity contribution in [2.24, 2.45) is 0 Å². The topological polar surface area (TPSA) is 113 Å². The van der Waals surface area contributed by atoms with Crippen LogP contribution in [0.2, 0.25) is 0 Å². The number of carbonyl (C=O) groups is 2. The van der Waals surface area contributed by atoms with E-state index in [2.05, 4.69) is 5.43 Å². The quantitative estimate of drug-likeness (QED) is 0.350. The predicted octanol–water partition coefficient (Wildman–Crippen LogP) is 2.85. The van der Waals surface area contributed by atoms with E-state index in [4.69, 9.17) is 12.2 Å². The van der Waals surface area contributed by atoms with E-state index in [-0.39, 0.29) is 21.3 Å². The maximum atomic E-state index is 12.5. The van der Waals surface area contributed by atoms with Crippen LogP contribution in [-0.4, -0.2) is 31.2 Å². The van der Waals surface area contributed by atoms with Gasteiger partial charge in [-0.2, -0.15) is 5.01 Å². The van der Waals surface area contributed by atoms with Crippen molar-refractivity contribution in [3.05, 3.63) is 74.7 Å². The number of hydrogen-bond donors (Lipinski definition) is 2. The molecule has 2 amide bonds. The predicted molar refractivity (Wildman–Crippen MR) is 104 cm³/mol. The van der Waals surface area contributed by atoms with Gasteiger partial charge in [-0.25, -0.2) is 0 Å². The number of hydrazine groups is 1. The van der Waals surface area contributed by atoms with Gasteiger partial charge in [-0.15, -0.1) is 0 Å². The fraction of sp³-hybridized carbons (Fsp3) is 0. The highest BCUT2D eigenvalue weighted by Gasteiger charge is 2.33. The average Bonchev–Trinajstić information content (AvgIpc) is 2.91. The van der Waals surface area contributed by atoms with E-state index in [1.54, 1.807) is 18.2 Å². The normalized spacial score (nSPS) is 15.3. The van der Waals surface area contributed by atoms with Crippen LogP contribution in [0.4, 0.5) is 5.69 Å². The monoisotopic (exact) mass is 401 g/mol. The zero-order chi connectivity index (χ0) is 19.6. The van der Waals surface area contributed by atoms with Crippen LogP contribution < -0.4 is 5.43 Å². The number of nitrogens with zero attached hydrogens (tertiary/aromatic N) is 2. The van der Waals surface area contributed by atoms with Crippen LogP contribution in [0.25, 0.3) is 6.08 Å². The molecule has 8 nitrogen and oxygen atoms in total. The Morgan fingerprint density at radius 1 is 1.26 bits per heavy atom. The molecule has 2 aromatic rings. The number of non-ortho nitro benzene ring substituents is 1. The van der Waals surface area contributed by atoms with E-state index < -0.39 is 16.7 Å². The Kier molecular flexibility index (Phi) is 5.19. The molecule has 0 radical (unpaired) electrons. The third-order valence-electron chi connectivity index (χ3n) is 3.52. The van der Waals surface area contributed by atoms with Gasteiger partial charge in [0.25, 0.3) is 17.5 Å². The molecule has 0 saturated carbocycles. The number of thioether (sulfide) groups is 1. The summed E-state index contributed by atoms with van der Waals surface area (Å²) >= 11 is 6.14. The van der Waals surface area contributed by atoms with Crippen LogP contribution in [-0.2, 0) is 4.79 Å². The lowest BCUT2D eigenvalue weighted by molar-refractivity contribution is -0.384. The minimum Gasteiger partial charge on any atom is -0.508 e. The Morgan fingerprint density at radius 2 is 1.96 bits per heavy atom. The summed E-state index contributed by atoms with van der Waals surface area (Å²) in [4.78, 5) is 35.3. The van der Waals surface area contributed by atoms with Gasteiger partial charge in [0.2, 0.25) is 0 Å². The minimum atomic E-state index is -0.694. The molecule has 1 heterocycles. The molecule has 3 rings (SSSR count). The number of thiocarbonyl (C=S) groups is 1. The lowest BCUT2D eigenvalue weighted by atomic mass is 10.2. The van der Waals surface area contributed by atoms with Crippen LogP contribution in [0.5, 0.6) is 5.75 Å². The molecule has 0 unspecified atom stereocenters. The highest BCUT2D eigenvalue weighted by Crippen LogP contribution is 2.31. The van der Waals surface area contributed by atoms with E-state index in [1.165, 1.54) is 30.3 Å². The summed E-state index contributed by atoms with van der Waals surface area (Å²) in [6.45, 7) is 0. The number of phenolic OH excluding ortho intramolecular Hbond substituents is 1. The van der Waals surface area contributed by atoms with E-state index in [0.717, 1.165) is 22.8 Å². The van der Waals surface area contributed by atoms with Gasteiger partial charge in [-0.05, 0) is 42.1 Å². The molecule has 0 aromatic heterocycles. The number of nitro groups is 1. The molecule has 0 spiro atoms. The first-order valence-electron chi connectivity index (χ1n) is 7.47. The van der Waals surface area contributed by atoms with Gasteiger partial charge >= 0.3 is 0 Å². The second-order valence-electron chi connectivity index (χ2n) is 5.36. The molecule has 1 aliphatic heterocycles. The van der Waals surface area contributed by atoms with Crippen LogP contribution in [0.3, 0.4) is 0 Å². The van der Waals surface area contributed by atoms with Crippen LogP contribution in [0.1, 0.15) is 15.9 Å². The first-order valence-corrected chi connectivity index (χ1v) is 8.70. The van der Waals surface area contributed by atoms with E-state index in [0.29, 0.717) is 10.5 Å². The summed E-state index contributed by atoms with van der Waals surface area (Å²) in [6, 6.07) is 11.4. The van der Waals surface area contributed by atoms with Crippen LogP contribution in [0.15, 0.2) is 53.4 Å². The first kappa shape index (κ1) is 18.5. The van der Waals surface area contributed by atoms with Gasteiger partial charge in [-0.1, -0.05) is 30.0 Å². The van der Waals surface area contributed by atoms with E-state index >= 15 is 0 Å². The maximum absolute atomic E-state index is 12.5. The van der Waals surface area contributed by atoms with Crippen molar-refractivity contribution in [3.63, 3.8) is 0 Å². The second-order valence-corrected chi connectivity index (χ2v) is 7.03. The summed E-state index contributed by atoms with van der Waals surface area (Å²) < 4.78 is 0.129. The van der Waals surface area contributed by atoms with Gasteiger partial charge in [0.15, 0.2) is 4.32 Å². The third kappa shape index (κ3) is 4.13. The summed E-state index contributed by atoms with van der Waals surface area (Å²) in [5, 5.41) is 21.1. The van der Waals surface area contributed by atoms with Crippen molar-refractivity contribution in [2.45, 2.75) is 0 Å². The zero-order valence-corrected chi connectivity index (χ0v) is 15.1. The smallest absolute Gasteiger partial charge is 0.285 e. The number of carbonyl (C=O) groups excluding carboxylic acids is 2. The van der Waals surface area contributed by atoms with Gasteiger partial charge in [0.05, 0.1) is 9.83 Å². The van der Waals surface area contributed by atoms with Gasteiger partial charge in [0, 0.05) is 17.7 Å². The molecule has 1 fully saturated rings. The number of benzene rings is 2. The summed E-state index contributed by atoms with van der Waals surface area (Å²) in [6.07, 6.45) is 1.58. The molecule has 136 valence electrons. The number of aromatic hydroxyl groups is 1. The van der Waals surface area contributed by atoms with Crippen molar-refractivity contribution in [3.8, 4) is 5.75 Å². The molecule has 2 aromatic carbocycles. The number of rotatable bonds is 4. The van der Waals surface area contributed by atoms with Gasteiger partial charge < -0.3 is 5.11 Å². The number of phenols is 1. The van der Waals surface area contributed by atoms with Gasteiger partial charge in [-0.3, -0.25) is 25.1 Å². The Labute approximate surface area is 162 Å². The second kappa shape index (κ2) is 7.56. The zero-order valence-electron chi connectivity index (χ0n) is 13.5. The molecule has 1 aliphatic rings. The fourth-order valence-corrected chi connectivity index (χ4v) is 3.39. The molecular weight excluding hydrogens is 390 g/mol. The fourth-order valence-electron chi connectivity index (χ4n) is 2.21. The molecule has 0 aliphatic carbocycles. The highest BCUT2D eigenvalue weighted by atomic mass is 32.2. The average molecular weight is 401 g/mol. The molecule has 2 N–H and O–H groups in total. The van der Waals surface area contributed by atoms with Crippen molar-refractivity contribution in [2.75, 3.05) is 0 Å². The number of nitrogens with one attached hydrogen (secondary N) is 1. The Morgan fingerprint density at radius 3 is 2.63 bits per heavy atom. The number of hydrogen-bond acceptors (Lipinski definition) is 7.